The SMILES string of the molecule is C.O=c1ccn([C@@H]2O[C@H](COP(=O)(O)O)C(O)[C@@H]2O)c(=O)[nH]1. The maximum absolute atomic E-state index is 11.6. The minimum absolute atomic E-state index is 0. The molecule has 1 unspecified atom stereocenters. The Labute approximate surface area is 124 Å². The molecule has 0 aliphatic carbocycles. The van der Waals surface area contributed by atoms with Gasteiger partial charge >= 0.3 is 13.5 Å². The number of hydrogen-bond acceptors (Lipinski definition) is 7. The Hall–Kier alpha value is -1.33. The summed E-state index contributed by atoms with van der Waals surface area (Å²) >= 11 is 0. The number of ether oxygens (including phenoxy) is 1. The first-order chi connectivity index (χ1) is 9.69. The van der Waals surface area contributed by atoms with E-state index < -0.39 is 50.2 Å². The number of aromatic amines is 1. The normalized spacial score (nSPS) is 28.4. The molecule has 0 radical (unpaired) electrons. The highest BCUT2D eigenvalue weighted by Gasteiger charge is 2.44. The standard InChI is InChI=1S/C9H13N2O9P.CH4/c12-5-1-2-11(9(15)10-5)8-7(14)6(13)4(20-8)3-19-21(16,17)18;/h1-2,4,6-8,13-14H,3H2,(H,10,12,15)(H2,16,17,18);1H4/t4-,6?,7+,8-;/m1./s1. The fraction of sp³-hybridized carbons (Fsp3) is 0.600. The average Bonchev–Trinajstić information content (AvgIpc) is 2.64. The van der Waals surface area contributed by atoms with E-state index in [1.54, 1.807) is 0 Å². The van der Waals surface area contributed by atoms with Gasteiger partial charge in [-0.15, -0.1) is 0 Å². The Morgan fingerprint density at radius 3 is 2.50 bits per heavy atom. The van der Waals surface area contributed by atoms with Crippen molar-refractivity contribution in [2.24, 2.45) is 0 Å². The molecule has 0 amide bonds. The summed E-state index contributed by atoms with van der Waals surface area (Å²) in [5, 5.41) is 19.6. The van der Waals surface area contributed by atoms with Crippen LogP contribution in [0.5, 0.6) is 0 Å². The van der Waals surface area contributed by atoms with Crippen LogP contribution in [0.15, 0.2) is 21.9 Å². The van der Waals surface area contributed by atoms with Crippen LogP contribution in [-0.2, 0) is 13.8 Å². The van der Waals surface area contributed by atoms with Crippen molar-refractivity contribution in [2.45, 2.75) is 32.0 Å². The summed E-state index contributed by atoms with van der Waals surface area (Å²) in [4.78, 5) is 41.6. The Balaban J connectivity index is 0.00000242. The third-order valence-corrected chi connectivity index (χ3v) is 3.35. The summed E-state index contributed by atoms with van der Waals surface area (Å²) in [5.74, 6) is 0. The number of hydrogen-bond donors (Lipinski definition) is 5. The lowest BCUT2D eigenvalue weighted by Crippen LogP contribution is -2.37. The molecule has 2 rings (SSSR count). The summed E-state index contributed by atoms with van der Waals surface area (Å²) in [6.07, 6.45) is -4.58. The Bertz CT molecular complexity index is 665. The van der Waals surface area contributed by atoms with Gasteiger partial charge in [-0.1, -0.05) is 7.43 Å². The van der Waals surface area contributed by atoms with E-state index in [4.69, 9.17) is 14.5 Å². The minimum atomic E-state index is -4.76. The van der Waals surface area contributed by atoms with Gasteiger partial charge in [0.1, 0.15) is 18.3 Å². The van der Waals surface area contributed by atoms with Crippen molar-refractivity contribution >= 4 is 7.82 Å². The highest BCUT2D eigenvalue weighted by Crippen LogP contribution is 2.38. The highest BCUT2D eigenvalue weighted by molar-refractivity contribution is 7.46. The van der Waals surface area contributed by atoms with Gasteiger partial charge in [0.05, 0.1) is 6.61 Å². The van der Waals surface area contributed by atoms with Crippen LogP contribution in [0.25, 0.3) is 0 Å². The van der Waals surface area contributed by atoms with Gasteiger partial charge in [0, 0.05) is 12.3 Å². The van der Waals surface area contributed by atoms with Crippen molar-refractivity contribution in [2.75, 3.05) is 6.61 Å². The molecule has 0 aromatic carbocycles. The van der Waals surface area contributed by atoms with E-state index >= 15 is 0 Å². The zero-order chi connectivity index (χ0) is 15.8. The zero-order valence-corrected chi connectivity index (χ0v) is 11.3. The van der Waals surface area contributed by atoms with Crippen LogP contribution in [0.2, 0.25) is 0 Å². The number of nitrogens with zero attached hydrogens (tertiary/aromatic N) is 1. The van der Waals surface area contributed by atoms with Crippen molar-refractivity contribution in [1.29, 1.82) is 0 Å². The lowest BCUT2D eigenvalue weighted by atomic mass is 10.1. The molecule has 2 heterocycles. The van der Waals surface area contributed by atoms with Crippen molar-refractivity contribution in [3.8, 4) is 0 Å². The molecule has 1 fully saturated rings. The molecule has 0 saturated carbocycles. The third kappa shape index (κ3) is 4.11. The van der Waals surface area contributed by atoms with E-state index in [0.717, 1.165) is 16.8 Å². The lowest BCUT2D eigenvalue weighted by Gasteiger charge is -2.16. The number of nitrogens with one attached hydrogen (secondary N) is 1. The van der Waals surface area contributed by atoms with Crippen LogP contribution >= 0.6 is 7.82 Å². The molecular formula is C10H17N2O9P. The second kappa shape index (κ2) is 6.84. The number of rotatable bonds is 4. The Morgan fingerprint density at radius 2 is 1.95 bits per heavy atom. The number of H-pyrrole nitrogens is 1. The maximum Gasteiger partial charge on any atom is 0.469 e. The zero-order valence-electron chi connectivity index (χ0n) is 10.4. The molecule has 1 aromatic rings. The first kappa shape index (κ1) is 18.7. The highest BCUT2D eigenvalue weighted by atomic mass is 31.2. The molecule has 1 aliphatic rings. The van der Waals surface area contributed by atoms with Crippen molar-refractivity contribution in [3.63, 3.8) is 0 Å². The third-order valence-electron chi connectivity index (χ3n) is 2.87. The van der Waals surface area contributed by atoms with E-state index in [0.29, 0.717) is 0 Å². The van der Waals surface area contributed by atoms with E-state index in [2.05, 4.69) is 4.52 Å². The topological polar surface area (TPSA) is 171 Å². The number of aliphatic hydroxyl groups excluding tert-OH is 2. The largest absolute Gasteiger partial charge is 0.469 e. The van der Waals surface area contributed by atoms with Crippen LogP contribution < -0.4 is 11.2 Å². The molecule has 12 heteroatoms. The molecule has 0 bridgehead atoms. The van der Waals surface area contributed by atoms with E-state index in [-0.39, 0.29) is 7.43 Å². The van der Waals surface area contributed by atoms with Gasteiger partial charge < -0.3 is 24.7 Å². The van der Waals surface area contributed by atoms with Crippen molar-refractivity contribution in [3.05, 3.63) is 33.1 Å². The fourth-order valence-corrected chi connectivity index (χ4v) is 2.24. The molecule has 1 saturated heterocycles. The second-order valence-electron chi connectivity index (χ2n) is 4.35. The van der Waals surface area contributed by atoms with Crippen molar-refractivity contribution in [1.82, 2.24) is 9.55 Å². The number of phosphoric acid groups is 1. The van der Waals surface area contributed by atoms with Crippen LogP contribution in [0, 0.1) is 0 Å². The quantitative estimate of drug-likeness (QED) is 0.385. The number of phosphoric ester groups is 1. The summed E-state index contributed by atoms with van der Waals surface area (Å²) < 4.78 is 20.8. The summed E-state index contributed by atoms with van der Waals surface area (Å²) in [7, 11) is -4.76. The molecule has 5 N–H and O–H groups in total. The molecule has 0 spiro atoms. The van der Waals surface area contributed by atoms with Gasteiger partial charge in [0.15, 0.2) is 6.23 Å². The number of aromatic nitrogens is 2. The molecule has 1 aromatic heterocycles. The second-order valence-corrected chi connectivity index (χ2v) is 5.59. The van der Waals surface area contributed by atoms with Gasteiger partial charge in [0.25, 0.3) is 5.56 Å². The number of aliphatic hydroxyl groups is 2. The average molecular weight is 340 g/mol. The Kier molecular flexibility index (Phi) is 5.82. The Morgan fingerprint density at radius 1 is 1.32 bits per heavy atom. The van der Waals surface area contributed by atoms with E-state index in [1.807, 2.05) is 4.98 Å². The van der Waals surface area contributed by atoms with Gasteiger partial charge in [-0.2, -0.15) is 0 Å². The van der Waals surface area contributed by atoms with Crippen LogP contribution in [-0.4, -0.2) is 54.5 Å². The molecule has 1 aliphatic heterocycles. The maximum atomic E-state index is 11.6. The van der Waals surface area contributed by atoms with Crippen LogP contribution in [0.4, 0.5) is 0 Å². The molecule has 11 nitrogen and oxygen atoms in total. The lowest BCUT2D eigenvalue weighted by molar-refractivity contribution is -0.0543. The van der Waals surface area contributed by atoms with Crippen LogP contribution in [0.3, 0.4) is 0 Å². The predicted octanol–water partition coefficient (Wildman–Crippen LogP) is -2.10. The van der Waals surface area contributed by atoms with E-state index in [1.165, 1.54) is 0 Å². The summed E-state index contributed by atoms with van der Waals surface area (Å²) in [5.41, 5.74) is -1.51. The summed E-state index contributed by atoms with van der Waals surface area (Å²) in [6, 6.07) is 1.02. The predicted molar refractivity (Wildman–Crippen MR) is 72.0 cm³/mol. The van der Waals surface area contributed by atoms with Gasteiger partial charge in [-0.05, 0) is 0 Å². The summed E-state index contributed by atoms with van der Waals surface area (Å²) in [6.45, 7) is -0.683. The van der Waals surface area contributed by atoms with Crippen LogP contribution in [0.1, 0.15) is 13.7 Å². The van der Waals surface area contributed by atoms with E-state index in [9.17, 15) is 24.4 Å². The van der Waals surface area contributed by atoms with Gasteiger partial charge in [-0.3, -0.25) is 18.9 Å². The van der Waals surface area contributed by atoms with Crippen molar-refractivity contribution < 1.29 is 33.8 Å². The molecule has 126 valence electrons. The molecule has 22 heavy (non-hydrogen) atoms. The first-order valence-corrected chi connectivity index (χ1v) is 7.25. The smallest absolute Gasteiger partial charge is 0.387 e. The molecular weight excluding hydrogens is 323 g/mol. The van der Waals surface area contributed by atoms with Gasteiger partial charge in [0.2, 0.25) is 0 Å². The first-order valence-electron chi connectivity index (χ1n) is 5.72. The molecule has 4 atom stereocenters. The van der Waals surface area contributed by atoms with Gasteiger partial charge in [-0.25, -0.2) is 9.36 Å². The fourth-order valence-electron chi connectivity index (χ4n) is 1.89. The minimum Gasteiger partial charge on any atom is -0.387 e. The monoisotopic (exact) mass is 340 g/mol.